The summed E-state index contributed by atoms with van der Waals surface area (Å²) in [7, 11) is 0. The highest BCUT2D eigenvalue weighted by Gasteiger charge is 2.11. The Kier molecular flexibility index (Phi) is 5.69. The van der Waals surface area contributed by atoms with Gasteiger partial charge in [0.15, 0.2) is 16.3 Å². The molecule has 0 spiro atoms. The number of rotatable bonds is 4. The van der Waals surface area contributed by atoms with Crippen LogP contribution in [0.4, 0.5) is 0 Å². The predicted octanol–water partition coefficient (Wildman–Crippen LogP) is 2.67. The van der Waals surface area contributed by atoms with Crippen molar-refractivity contribution in [3.63, 3.8) is 0 Å². The molecule has 0 radical (unpaired) electrons. The molecule has 1 unspecified atom stereocenters. The number of unbranched alkanes of at least 4 members (excludes halogenated alkanes) is 1. The molecule has 0 saturated heterocycles. The number of hydrogen-bond acceptors (Lipinski definition) is 2. The largest absolute Gasteiger partial charge is 0.383 e. The van der Waals surface area contributed by atoms with Crippen LogP contribution in [0.3, 0.4) is 0 Å². The molecule has 0 fully saturated rings. The Balaban J connectivity index is 3.41. The van der Waals surface area contributed by atoms with Gasteiger partial charge < -0.3 is 3.83 Å². The Bertz CT molecular complexity index is 104. The first kappa shape index (κ1) is 9.95. The van der Waals surface area contributed by atoms with Gasteiger partial charge in [0, 0.05) is 0 Å². The second-order valence-electron chi connectivity index (χ2n) is 2.44. The highest BCUT2D eigenvalue weighted by molar-refractivity contribution is 9.06. The lowest BCUT2D eigenvalue weighted by Crippen LogP contribution is -2.09. The molecule has 0 aliphatic heterocycles. The normalized spacial score (nSPS) is 12.7. The molecule has 0 amide bonds. The lowest BCUT2D eigenvalue weighted by Gasteiger charge is -2.04. The van der Waals surface area contributed by atoms with Gasteiger partial charge in [-0.25, -0.2) is 0 Å². The van der Waals surface area contributed by atoms with Crippen LogP contribution in [0.1, 0.15) is 33.1 Å². The van der Waals surface area contributed by atoms with E-state index in [4.69, 9.17) is 0 Å². The summed E-state index contributed by atoms with van der Waals surface area (Å²) in [5.74, 6) is -0.146. The fraction of sp³-hybridized carbons (Fsp3) is 0.857. The van der Waals surface area contributed by atoms with Crippen LogP contribution in [0.15, 0.2) is 0 Å². The summed E-state index contributed by atoms with van der Waals surface area (Å²) >= 11 is 2.66. The van der Waals surface area contributed by atoms with E-state index in [0.717, 1.165) is 19.3 Å². The minimum Gasteiger partial charge on any atom is -0.383 e. The molecule has 1 atom stereocenters. The molecule has 0 aromatic carbocycles. The third kappa shape index (κ3) is 3.88. The molecule has 0 saturated carbocycles. The van der Waals surface area contributed by atoms with E-state index >= 15 is 0 Å². The molecule has 0 heterocycles. The van der Waals surface area contributed by atoms with Crippen molar-refractivity contribution in [1.82, 2.24) is 0 Å². The Morgan fingerprint density at radius 2 is 2.30 bits per heavy atom. The molecule has 0 aliphatic rings. The van der Waals surface area contributed by atoms with Crippen LogP contribution in [0.5, 0.6) is 0 Å². The number of carbonyl (C=O) groups excluding carboxylic acids is 1. The van der Waals surface area contributed by atoms with E-state index in [1.54, 1.807) is 0 Å². The van der Waals surface area contributed by atoms with Crippen molar-refractivity contribution < 1.29 is 8.62 Å². The Morgan fingerprint density at radius 3 is 2.70 bits per heavy atom. The van der Waals surface area contributed by atoms with Gasteiger partial charge in [0.2, 0.25) is 0 Å². The number of carbonyl (C=O) groups is 1. The van der Waals surface area contributed by atoms with Crippen molar-refractivity contribution in [3.8, 4) is 0 Å². The molecule has 0 aromatic rings. The molecule has 0 rings (SSSR count). The summed E-state index contributed by atoms with van der Waals surface area (Å²) in [6.07, 6.45) is 3.13. The van der Waals surface area contributed by atoms with Gasteiger partial charge in [0.1, 0.15) is 0 Å². The van der Waals surface area contributed by atoms with Crippen molar-refractivity contribution in [2.75, 3.05) is 0 Å². The lowest BCUT2D eigenvalue weighted by atomic mass is 10.1. The lowest BCUT2D eigenvalue weighted by molar-refractivity contribution is -0.136. The minimum atomic E-state index is -0.173. The number of halogens is 1. The summed E-state index contributed by atoms with van der Waals surface area (Å²) in [5.41, 5.74) is 0. The maximum Gasteiger partial charge on any atom is 0.320 e. The van der Waals surface area contributed by atoms with E-state index in [0.29, 0.717) is 0 Å². The van der Waals surface area contributed by atoms with Crippen LogP contribution < -0.4 is 0 Å². The number of hydrogen-bond donors (Lipinski definition) is 0. The summed E-state index contributed by atoms with van der Waals surface area (Å²) < 4.78 is 4.38. The average molecular weight is 209 g/mol. The van der Waals surface area contributed by atoms with Crippen molar-refractivity contribution in [1.29, 1.82) is 0 Å². The second kappa shape index (κ2) is 5.71. The maximum atomic E-state index is 10.7. The molecular weight excluding hydrogens is 196 g/mol. The van der Waals surface area contributed by atoms with Gasteiger partial charge >= 0.3 is 5.97 Å². The molecule has 0 aromatic heterocycles. The van der Waals surface area contributed by atoms with E-state index in [2.05, 4.69) is 27.0 Å². The third-order valence-electron chi connectivity index (χ3n) is 1.47. The molecule has 0 bridgehead atoms. The first-order chi connectivity index (χ1) is 4.72. The SMILES string of the molecule is CCCCC(C)C(=O)OBr. The molecule has 10 heavy (non-hydrogen) atoms. The van der Waals surface area contributed by atoms with Crippen molar-refractivity contribution in [2.24, 2.45) is 5.92 Å². The van der Waals surface area contributed by atoms with E-state index in [-0.39, 0.29) is 11.9 Å². The monoisotopic (exact) mass is 208 g/mol. The van der Waals surface area contributed by atoms with Gasteiger partial charge in [-0.2, -0.15) is 0 Å². The zero-order chi connectivity index (χ0) is 7.98. The van der Waals surface area contributed by atoms with Gasteiger partial charge in [-0.3, -0.25) is 4.79 Å². The predicted molar refractivity (Wildman–Crippen MR) is 43.7 cm³/mol. The van der Waals surface area contributed by atoms with Crippen LogP contribution in [0, 0.1) is 5.92 Å². The van der Waals surface area contributed by atoms with Crippen LogP contribution in [0.2, 0.25) is 0 Å². The Hall–Kier alpha value is -0.0500. The van der Waals surface area contributed by atoms with E-state index in [9.17, 15) is 4.79 Å². The van der Waals surface area contributed by atoms with Crippen molar-refractivity contribution in [2.45, 2.75) is 33.1 Å². The average Bonchev–Trinajstić information content (AvgIpc) is 1.98. The van der Waals surface area contributed by atoms with Gasteiger partial charge in [-0.1, -0.05) is 26.7 Å². The fourth-order valence-corrected chi connectivity index (χ4v) is 1.02. The van der Waals surface area contributed by atoms with Gasteiger partial charge in [-0.05, 0) is 6.42 Å². The summed E-state index contributed by atoms with van der Waals surface area (Å²) in [4.78, 5) is 10.7. The van der Waals surface area contributed by atoms with Crippen molar-refractivity contribution >= 4 is 22.2 Å². The van der Waals surface area contributed by atoms with E-state index in [1.165, 1.54) is 0 Å². The Morgan fingerprint density at radius 1 is 1.70 bits per heavy atom. The summed E-state index contributed by atoms with van der Waals surface area (Å²) in [5, 5.41) is 0. The zero-order valence-electron chi connectivity index (χ0n) is 6.39. The molecule has 3 heteroatoms. The standard InChI is InChI=1S/C7H13BrO2/c1-3-4-5-6(2)7(9)10-8/h6H,3-5H2,1-2H3. The van der Waals surface area contributed by atoms with E-state index in [1.807, 2.05) is 6.92 Å². The van der Waals surface area contributed by atoms with Crippen LogP contribution in [-0.2, 0) is 8.62 Å². The fourth-order valence-electron chi connectivity index (χ4n) is 0.704. The zero-order valence-corrected chi connectivity index (χ0v) is 7.98. The molecule has 0 aliphatic carbocycles. The van der Waals surface area contributed by atoms with Gasteiger partial charge in [-0.15, -0.1) is 0 Å². The van der Waals surface area contributed by atoms with Gasteiger partial charge in [0.05, 0.1) is 5.92 Å². The van der Waals surface area contributed by atoms with Crippen LogP contribution in [0.25, 0.3) is 0 Å². The third-order valence-corrected chi connectivity index (χ3v) is 1.79. The quantitative estimate of drug-likeness (QED) is 0.711. The molecule has 60 valence electrons. The van der Waals surface area contributed by atoms with E-state index < -0.39 is 0 Å². The highest BCUT2D eigenvalue weighted by Crippen LogP contribution is 2.10. The second-order valence-corrected chi connectivity index (χ2v) is 2.76. The highest BCUT2D eigenvalue weighted by atomic mass is 79.9. The topological polar surface area (TPSA) is 26.3 Å². The molecular formula is C7H13BrO2. The molecule has 0 N–H and O–H groups in total. The van der Waals surface area contributed by atoms with Crippen LogP contribution >= 0.6 is 16.3 Å². The molecule has 2 nitrogen and oxygen atoms in total. The first-order valence-corrected chi connectivity index (χ1v) is 4.19. The van der Waals surface area contributed by atoms with Gasteiger partial charge in [0.25, 0.3) is 0 Å². The summed E-state index contributed by atoms with van der Waals surface area (Å²) in [6.45, 7) is 3.98. The smallest absolute Gasteiger partial charge is 0.320 e. The Labute approximate surface area is 70.4 Å². The maximum absolute atomic E-state index is 10.7. The van der Waals surface area contributed by atoms with Crippen LogP contribution in [-0.4, -0.2) is 5.97 Å². The minimum absolute atomic E-state index is 0.0272. The van der Waals surface area contributed by atoms with Crippen molar-refractivity contribution in [3.05, 3.63) is 0 Å². The first-order valence-electron chi connectivity index (χ1n) is 3.54. The summed E-state index contributed by atoms with van der Waals surface area (Å²) in [6, 6.07) is 0.